The van der Waals surface area contributed by atoms with Crippen molar-refractivity contribution < 1.29 is 17.9 Å². The van der Waals surface area contributed by atoms with Gasteiger partial charge in [-0.05, 0) is 23.8 Å². The number of sulfonamides is 1. The average Bonchev–Trinajstić information content (AvgIpc) is 2.65. The molecular weight excluding hydrogens is 338 g/mol. The Bertz CT molecular complexity index is 834. The van der Waals surface area contributed by atoms with Crippen LogP contribution in [0, 0.1) is 0 Å². The molecule has 0 saturated carbocycles. The Labute approximate surface area is 148 Å². The van der Waals surface area contributed by atoms with Crippen molar-refractivity contribution in [1.82, 2.24) is 4.31 Å². The van der Waals surface area contributed by atoms with Gasteiger partial charge in [0, 0.05) is 12.0 Å². The Morgan fingerprint density at radius 2 is 1.76 bits per heavy atom. The molecule has 0 saturated heterocycles. The third-order valence-electron chi connectivity index (χ3n) is 3.92. The Balaban J connectivity index is 1.69. The summed E-state index contributed by atoms with van der Waals surface area (Å²) in [6.07, 6.45) is 1.26. The van der Waals surface area contributed by atoms with Gasteiger partial charge in [-0.1, -0.05) is 49.4 Å². The van der Waals surface area contributed by atoms with Crippen LogP contribution in [0.5, 0.6) is 11.5 Å². The van der Waals surface area contributed by atoms with Crippen LogP contribution in [0.2, 0.25) is 0 Å². The van der Waals surface area contributed by atoms with Gasteiger partial charge in [-0.2, -0.15) is 4.31 Å². The quantitative estimate of drug-likeness (QED) is 0.795. The van der Waals surface area contributed by atoms with Crippen LogP contribution < -0.4 is 9.47 Å². The third kappa shape index (κ3) is 4.41. The summed E-state index contributed by atoms with van der Waals surface area (Å²) in [6, 6.07) is 16.7. The number of likely N-dealkylation sites (N-methyl/N-ethyl adjacent to an activating group) is 1. The lowest BCUT2D eigenvalue weighted by atomic mass is 10.2. The molecule has 0 aliphatic carbocycles. The number of rotatable bonds is 6. The summed E-state index contributed by atoms with van der Waals surface area (Å²) in [5, 5.41) is 1.24. The van der Waals surface area contributed by atoms with Crippen molar-refractivity contribution in [2.24, 2.45) is 0 Å². The number of para-hydroxylation sites is 2. The second kappa shape index (κ2) is 7.72. The second-order valence-corrected chi connectivity index (χ2v) is 7.53. The third-order valence-corrected chi connectivity index (χ3v) is 5.53. The number of fused-ring (bicyclic) bond motifs is 1. The molecule has 1 heterocycles. The fourth-order valence-electron chi connectivity index (χ4n) is 2.61. The lowest BCUT2D eigenvalue weighted by molar-refractivity contribution is 0.0773. The molecule has 132 valence electrons. The van der Waals surface area contributed by atoms with Gasteiger partial charge in [0.25, 0.3) is 0 Å². The van der Waals surface area contributed by atoms with Crippen LogP contribution in [0.3, 0.4) is 0 Å². The van der Waals surface area contributed by atoms with E-state index in [0.29, 0.717) is 24.7 Å². The Hall–Kier alpha value is -2.31. The van der Waals surface area contributed by atoms with E-state index in [4.69, 9.17) is 9.47 Å². The van der Waals surface area contributed by atoms with Crippen molar-refractivity contribution >= 4 is 16.1 Å². The van der Waals surface area contributed by atoms with E-state index in [2.05, 4.69) is 0 Å². The smallest absolute Gasteiger partial charge is 0.236 e. The fraction of sp³-hybridized carbons (Fsp3) is 0.263. The van der Waals surface area contributed by atoms with Gasteiger partial charge < -0.3 is 9.47 Å². The molecule has 5 nitrogen and oxygen atoms in total. The van der Waals surface area contributed by atoms with E-state index in [-0.39, 0.29) is 12.6 Å². The predicted molar refractivity (Wildman–Crippen MR) is 98.0 cm³/mol. The molecular formula is C19H21NO4S. The Kier molecular flexibility index (Phi) is 5.40. The highest BCUT2D eigenvalue weighted by Gasteiger charge is 2.27. The average molecular weight is 359 g/mol. The van der Waals surface area contributed by atoms with Gasteiger partial charge in [-0.15, -0.1) is 0 Å². The number of ether oxygens (including phenoxy) is 2. The van der Waals surface area contributed by atoms with E-state index < -0.39 is 10.0 Å². The molecule has 1 aliphatic rings. The minimum atomic E-state index is -3.53. The first-order chi connectivity index (χ1) is 12.1. The highest BCUT2D eigenvalue weighted by molar-refractivity contribution is 7.92. The highest BCUT2D eigenvalue weighted by atomic mass is 32.2. The van der Waals surface area contributed by atoms with E-state index >= 15 is 0 Å². The molecule has 1 unspecified atom stereocenters. The molecule has 0 bridgehead atoms. The van der Waals surface area contributed by atoms with Gasteiger partial charge >= 0.3 is 0 Å². The monoisotopic (exact) mass is 359 g/mol. The summed E-state index contributed by atoms with van der Waals surface area (Å²) in [7, 11) is -3.53. The molecule has 6 heteroatoms. The van der Waals surface area contributed by atoms with Crippen molar-refractivity contribution in [1.29, 1.82) is 0 Å². The maximum Gasteiger partial charge on any atom is 0.236 e. The molecule has 25 heavy (non-hydrogen) atoms. The zero-order valence-corrected chi connectivity index (χ0v) is 14.9. The molecule has 0 amide bonds. The van der Waals surface area contributed by atoms with Gasteiger partial charge in [0.2, 0.25) is 10.0 Å². The van der Waals surface area contributed by atoms with E-state index in [1.807, 2.05) is 61.5 Å². The minimum Gasteiger partial charge on any atom is -0.486 e. The Morgan fingerprint density at radius 1 is 1.08 bits per heavy atom. The number of nitrogens with zero attached hydrogens (tertiary/aromatic N) is 1. The van der Waals surface area contributed by atoms with E-state index in [0.717, 1.165) is 5.56 Å². The molecule has 2 aromatic rings. The maximum absolute atomic E-state index is 12.6. The van der Waals surface area contributed by atoms with Gasteiger partial charge in [-0.25, -0.2) is 8.42 Å². The lowest BCUT2D eigenvalue weighted by Crippen LogP contribution is -2.42. The normalized spacial score (nSPS) is 17.1. The molecule has 2 aromatic carbocycles. The second-order valence-electron chi connectivity index (χ2n) is 5.71. The van der Waals surface area contributed by atoms with E-state index in [1.54, 1.807) is 6.08 Å². The van der Waals surface area contributed by atoms with Gasteiger partial charge in [0.15, 0.2) is 11.5 Å². The minimum absolute atomic E-state index is 0.242. The number of benzene rings is 2. The number of hydrogen-bond donors (Lipinski definition) is 0. The lowest BCUT2D eigenvalue weighted by Gasteiger charge is -2.29. The summed E-state index contributed by atoms with van der Waals surface area (Å²) in [6.45, 7) is 2.74. The summed E-state index contributed by atoms with van der Waals surface area (Å²) >= 11 is 0. The topological polar surface area (TPSA) is 55.8 Å². The van der Waals surface area contributed by atoms with Gasteiger partial charge in [-0.3, -0.25) is 0 Å². The molecule has 0 aromatic heterocycles. The SMILES string of the molecule is CCN(CC1COc2ccccc2O1)S(=O)(=O)/C=C/c1ccccc1. The highest BCUT2D eigenvalue weighted by Crippen LogP contribution is 2.31. The van der Waals surface area contributed by atoms with E-state index in [1.165, 1.54) is 9.71 Å². The fourth-order valence-corrected chi connectivity index (χ4v) is 3.84. The maximum atomic E-state index is 12.6. The predicted octanol–water partition coefficient (Wildman–Crippen LogP) is 3.15. The largest absolute Gasteiger partial charge is 0.486 e. The standard InChI is InChI=1S/C19H21NO4S/c1-2-20(25(21,22)13-12-16-8-4-3-5-9-16)14-17-15-23-18-10-6-7-11-19(18)24-17/h3-13,17H,2,14-15H2,1H3/b13-12+. The first-order valence-electron chi connectivity index (χ1n) is 8.20. The summed E-state index contributed by atoms with van der Waals surface area (Å²) in [5.74, 6) is 1.33. The van der Waals surface area contributed by atoms with Crippen LogP contribution in [0.25, 0.3) is 6.08 Å². The van der Waals surface area contributed by atoms with Crippen LogP contribution in [0.4, 0.5) is 0 Å². The zero-order valence-electron chi connectivity index (χ0n) is 14.0. The summed E-state index contributed by atoms with van der Waals surface area (Å²) < 4.78 is 38.1. The molecule has 1 atom stereocenters. The van der Waals surface area contributed by atoms with Gasteiger partial charge in [0.05, 0.1) is 6.54 Å². The van der Waals surface area contributed by atoms with Crippen LogP contribution in [0.15, 0.2) is 60.0 Å². The van der Waals surface area contributed by atoms with E-state index in [9.17, 15) is 8.42 Å². The van der Waals surface area contributed by atoms with Crippen LogP contribution in [0.1, 0.15) is 12.5 Å². The van der Waals surface area contributed by atoms with Crippen molar-refractivity contribution in [2.45, 2.75) is 13.0 Å². The molecule has 1 aliphatic heterocycles. The van der Waals surface area contributed by atoms with Crippen LogP contribution >= 0.6 is 0 Å². The molecule has 3 rings (SSSR count). The first-order valence-corrected chi connectivity index (χ1v) is 9.70. The first kappa shape index (κ1) is 17.5. The van der Waals surface area contributed by atoms with Crippen molar-refractivity contribution in [2.75, 3.05) is 19.7 Å². The zero-order chi connectivity index (χ0) is 17.7. The van der Waals surface area contributed by atoms with Crippen molar-refractivity contribution in [3.8, 4) is 11.5 Å². The van der Waals surface area contributed by atoms with Crippen LogP contribution in [-0.2, 0) is 10.0 Å². The van der Waals surface area contributed by atoms with Crippen molar-refractivity contribution in [3.63, 3.8) is 0 Å². The van der Waals surface area contributed by atoms with Crippen LogP contribution in [-0.4, -0.2) is 38.5 Å². The van der Waals surface area contributed by atoms with Gasteiger partial charge in [0.1, 0.15) is 12.7 Å². The molecule has 0 spiro atoms. The van der Waals surface area contributed by atoms with Crippen molar-refractivity contribution in [3.05, 3.63) is 65.6 Å². The summed E-state index contributed by atoms with van der Waals surface area (Å²) in [4.78, 5) is 0. The molecule has 0 N–H and O–H groups in total. The molecule has 0 fully saturated rings. The number of hydrogen-bond acceptors (Lipinski definition) is 4. The summed E-state index contributed by atoms with van der Waals surface area (Å²) in [5.41, 5.74) is 0.841. The Morgan fingerprint density at radius 3 is 2.48 bits per heavy atom. The molecule has 0 radical (unpaired) electrons.